The van der Waals surface area contributed by atoms with Crippen LogP contribution in [0.5, 0.6) is 5.75 Å². The summed E-state index contributed by atoms with van der Waals surface area (Å²) in [7, 11) is -3.18. The molecule has 0 radical (unpaired) electrons. The Kier molecular flexibility index (Phi) is 3.43. The predicted octanol–water partition coefficient (Wildman–Crippen LogP) is 1.37. The standard InChI is InChI=1S/C12H14N2O3S/c1-10-8-14(18(15,16)9-10)11-2-4-12(5-3-11)17-7-6-13/h2-5,10H,7-9H2,1H3. The third-order valence-electron chi connectivity index (χ3n) is 2.74. The van der Waals surface area contributed by atoms with Crippen LogP contribution in [0.3, 0.4) is 0 Å². The van der Waals surface area contributed by atoms with Crippen molar-refractivity contribution in [1.29, 1.82) is 5.26 Å². The average molecular weight is 266 g/mol. The Labute approximate surface area is 107 Å². The maximum atomic E-state index is 11.9. The molecular formula is C12H14N2O3S. The Morgan fingerprint density at radius 1 is 1.44 bits per heavy atom. The molecule has 2 rings (SSSR count). The fourth-order valence-electron chi connectivity index (χ4n) is 1.99. The molecule has 0 aliphatic carbocycles. The molecule has 96 valence electrons. The lowest BCUT2D eigenvalue weighted by Crippen LogP contribution is -2.25. The first kappa shape index (κ1) is 12.7. The number of hydrogen-bond donors (Lipinski definition) is 0. The fourth-order valence-corrected chi connectivity index (χ4v) is 3.92. The predicted molar refractivity (Wildman–Crippen MR) is 67.8 cm³/mol. The van der Waals surface area contributed by atoms with Crippen LogP contribution in [0.1, 0.15) is 6.92 Å². The van der Waals surface area contributed by atoms with Crippen LogP contribution in [0, 0.1) is 17.2 Å². The van der Waals surface area contributed by atoms with Crippen LogP contribution in [0.25, 0.3) is 0 Å². The Bertz CT molecular complexity index is 560. The highest BCUT2D eigenvalue weighted by Crippen LogP contribution is 2.28. The van der Waals surface area contributed by atoms with E-state index in [-0.39, 0.29) is 18.3 Å². The van der Waals surface area contributed by atoms with E-state index >= 15 is 0 Å². The monoisotopic (exact) mass is 266 g/mol. The van der Waals surface area contributed by atoms with E-state index in [0.29, 0.717) is 18.0 Å². The Morgan fingerprint density at radius 2 is 2.11 bits per heavy atom. The van der Waals surface area contributed by atoms with Crippen LogP contribution in [-0.4, -0.2) is 27.3 Å². The zero-order valence-corrected chi connectivity index (χ0v) is 10.9. The molecule has 6 heteroatoms. The lowest BCUT2D eigenvalue weighted by Gasteiger charge is -2.17. The SMILES string of the molecule is CC1CN(c2ccc(OCC#N)cc2)S(=O)(=O)C1. The molecule has 1 heterocycles. The normalized spacial score (nSPS) is 21.6. The summed E-state index contributed by atoms with van der Waals surface area (Å²) in [6.45, 7) is 2.42. The van der Waals surface area contributed by atoms with Gasteiger partial charge >= 0.3 is 0 Å². The summed E-state index contributed by atoms with van der Waals surface area (Å²) in [5, 5.41) is 8.39. The number of ether oxygens (including phenoxy) is 1. The van der Waals surface area contributed by atoms with Crippen molar-refractivity contribution in [2.24, 2.45) is 5.92 Å². The summed E-state index contributed by atoms with van der Waals surface area (Å²) >= 11 is 0. The van der Waals surface area contributed by atoms with Gasteiger partial charge in [0, 0.05) is 6.54 Å². The van der Waals surface area contributed by atoms with Crippen LogP contribution in [0.2, 0.25) is 0 Å². The number of benzene rings is 1. The summed E-state index contributed by atoms with van der Waals surface area (Å²) in [4.78, 5) is 0. The topological polar surface area (TPSA) is 70.4 Å². The first-order chi connectivity index (χ1) is 8.53. The first-order valence-electron chi connectivity index (χ1n) is 5.63. The quantitative estimate of drug-likeness (QED) is 0.828. The van der Waals surface area contributed by atoms with Gasteiger partial charge < -0.3 is 4.74 Å². The van der Waals surface area contributed by atoms with Gasteiger partial charge in [0.05, 0.1) is 11.4 Å². The molecule has 1 aliphatic heterocycles. The van der Waals surface area contributed by atoms with Gasteiger partial charge in [-0.25, -0.2) is 8.42 Å². The smallest absolute Gasteiger partial charge is 0.235 e. The van der Waals surface area contributed by atoms with E-state index in [1.165, 1.54) is 4.31 Å². The van der Waals surface area contributed by atoms with Crippen molar-refractivity contribution < 1.29 is 13.2 Å². The molecule has 5 nitrogen and oxygen atoms in total. The van der Waals surface area contributed by atoms with Gasteiger partial charge in [0.1, 0.15) is 11.8 Å². The fraction of sp³-hybridized carbons (Fsp3) is 0.417. The van der Waals surface area contributed by atoms with E-state index < -0.39 is 10.0 Å². The number of nitrogens with zero attached hydrogens (tertiary/aromatic N) is 2. The zero-order valence-electron chi connectivity index (χ0n) is 10.0. The summed E-state index contributed by atoms with van der Waals surface area (Å²) in [5.74, 6) is 0.897. The van der Waals surface area contributed by atoms with E-state index in [1.807, 2.05) is 13.0 Å². The number of rotatable bonds is 3. The molecule has 0 aromatic heterocycles. The molecule has 0 saturated carbocycles. The molecule has 1 saturated heterocycles. The number of hydrogen-bond acceptors (Lipinski definition) is 4. The molecule has 1 fully saturated rings. The first-order valence-corrected chi connectivity index (χ1v) is 7.24. The van der Waals surface area contributed by atoms with Crippen LogP contribution < -0.4 is 9.04 Å². The molecule has 1 aromatic carbocycles. The minimum absolute atomic E-state index is 0.0155. The second-order valence-electron chi connectivity index (χ2n) is 4.36. The molecule has 0 N–H and O–H groups in total. The summed E-state index contributed by atoms with van der Waals surface area (Å²) in [5.41, 5.74) is 0.642. The third-order valence-corrected chi connectivity index (χ3v) is 4.76. The van der Waals surface area contributed by atoms with Gasteiger partial charge in [0.2, 0.25) is 10.0 Å². The summed E-state index contributed by atoms with van der Waals surface area (Å²) in [6, 6.07) is 8.61. The Hall–Kier alpha value is -1.74. The van der Waals surface area contributed by atoms with Crippen molar-refractivity contribution >= 4 is 15.7 Å². The van der Waals surface area contributed by atoms with Gasteiger partial charge in [-0.1, -0.05) is 6.92 Å². The summed E-state index contributed by atoms with van der Waals surface area (Å²) < 4.78 is 30.3. The van der Waals surface area contributed by atoms with Gasteiger partial charge in [-0.3, -0.25) is 4.31 Å². The molecule has 0 bridgehead atoms. The molecular weight excluding hydrogens is 252 g/mol. The van der Waals surface area contributed by atoms with Gasteiger partial charge in [-0.15, -0.1) is 0 Å². The molecule has 1 atom stereocenters. The van der Waals surface area contributed by atoms with Gasteiger partial charge in [-0.05, 0) is 30.2 Å². The van der Waals surface area contributed by atoms with Crippen molar-refractivity contribution in [3.8, 4) is 11.8 Å². The number of sulfonamides is 1. The lowest BCUT2D eigenvalue weighted by atomic mass is 10.2. The highest BCUT2D eigenvalue weighted by molar-refractivity contribution is 7.93. The maximum Gasteiger partial charge on any atom is 0.235 e. The van der Waals surface area contributed by atoms with Crippen molar-refractivity contribution in [2.75, 3.05) is 23.2 Å². The van der Waals surface area contributed by atoms with Gasteiger partial charge in [-0.2, -0.15) is 5.26 Å². The van der Waals surface area contributed by atoms with E-state index in [2.05, 4.69) is 0 Å². The van der Waals surface area contributed by atoms with E-state index in [9.17, 15) is 8.42 Å². The van der Waals surface area contributed by atoms with Gasteiger partial charge in [0.25, 0.3) is 0 Å². The Morgan fingerprint density at radius 3 is 2.61 bits per heavy atom. The van der Waals surface area contributed by atoms with Crippen LogP contribution in [0.15, 0.2) is 24.3 Å². The van der Waals surface area contributed by atoms with Crippen molar-refractivity contribution in [3.63, 3.8) is 0 Å². The number of nitriles is 1. The molecule has 18 heavy (non-hydrogen) atoms. The molecule has 1 unspecified atom stereocenters. The van der Waals surface area contributed by atoms with E-state index in [0.717, 1.165) is 0 Å². The Balaban J connectivity index is 2.18. The lowest BCUT2D eigenvalue weighted by molar-refractivity contribution is 0.368. The molecule has 1 aliphatic rings. The van der Waals surface area contributed by atoms with Crippen molar-refractivity contribution in [1.82, 2.24) is 0 Å². The second kappa shape index (κ2) is 4.86. The molecule has 1 aromatic rings. The van der Waals surface area contributed by atoms with Gasteiger partial charge in [0.15, 0.2) is 6.61 Å². The van der Waals surface area contributed by atoms with Crippen molar-refractivity contribution in [3.05, 3.63) is 24.3 Å². The third kappa shape index (κ3) is 2.57. The minimum atomic E-state index is -3.18. The van der Waals surface area contributed by atoms with E-state index in [4.69, 9.17) is 10.00 Å². The van der Waals surface area contributed by atoms with Crippen LogP contribution >= 0.6 is 0 Å². The zero-order chi connectivity index (χ0) is 13.2. The van der Waals surface area contributed by atoms with Crippen LogP contribution in [-0.2, 0) is 10.0 Å². The number of anilines is 1. The largest absolute Gasteiger partial charge is 0.479 e. The average Bonchev–Trinajstić information content (AvgIpc) is 2.60. The summed E-state index contributed by atoms with van der Waals surface area (Å²) in [6.07, 6.45) is 0. The highest BCUT2D eigenvalue weighted by Gasteiger charge is 2.33. The maximum absolute atomic E-state index is 11.9. The van der Waals surface area contributed by atoms with Crippen molar-refractivity contribution in [2.45, 2.75) is 6.92 Å². The minimum Gasteiger partial charge on any atom is -0.479 e. The molecule has 0 spiro atoms. The van der Waals surface area contributed by atoms with E-state index in [1.54, 1.807) is 24.3 Å². The second-order valence-corrected chi connectivity index (χ2v) is 6.29. The highest BCUT2D eigenvalue weighted by atomic mass is 32.2. The van der Waals surface area contributed by atoms with Crippen LogP contribution in [0.4, 0.5) is 5.69 Å². The molecule has 0 amide bonds.